The second kappa shape index (κ2) is 6.03. The standard InChI is InChI=1S/C9H8BN3O2.C2H6/c1-2-15-8(14)6-3-4-13-7(10)5-11-9(13)12-6;1-2/h3-5H,2H2,1H3;1-2H3. The molecule has 17 heavy (non-hydrogen) atoms. The van der Waals surface area contributed by atoms with Crippen LogP contribution in [0.4, 0.5) is 0 Å². The maximum Gasteiger partial charge on any atom is 0.357 e. The maximum atomic E-state index is 11.3. The topological polar surface area (TPSA) is 56.5 Å². The number of carbonyl (C=O) groups is 1. The van der Waals surface area contributed by atoms with E-state index in [4.69, 9.17) is 12.6 Å². The number of aromatic nitrogens is 3. The second-order valence-corrected chi connectivity index (χ2v) is 2.89. The first-order valence-electron chi connectivity index (χ1n) is 5.49. The lowest BCUT2D eigenvalue weighted by Gasteiger charge is -2.01. The Kier molecular flexibility index (Phi) is 4.69. The van der Waals surface area contributed by atoms with Crippen LogP contribution < -0.4 is 5.59 Å². The largest absolute Gasteiger partial charge is 0.461 e. The molecule has 2 aromatic rings. The van der Waals surface area contributed by atoms with Crippen LogP contribution >= 0.6 is 0 Å². The smallest absolute Gasteiger partial charge is 0.357 e. The Morgan fingerprint density at radius 1 is 1.53 bits per heavy atom. The molecule has 2 radical (unpaired) electrons. The van der Waals surface area contributed by atoms with Gasteiger partial charge >= 0.3 is 5.97 Å². The van der Waals surface area contributed by atoms with Crippen LogP contribution in [0.5, 0.6) is 0 Å². The van der Waals surface area contributed by atoms with Crippen LogP contribution in [0.15, 0.2) is 18.5 Å². The molecule has 0 aliphatic rings. The molecule has 88 valence electrons. The number of hydrogen-bond acceptors (Lipinski definition) is 4. The Balaban J connectivity index is 0.000000686. The summed E-state index contributed by atoms with van der Waals surface area (Å²) >= 11 is 0. The van der Waals surface area contributed by atoms with E-state index < -0.39 is 5.97 Å². The highest BCUT2D eigenvalue weighted by Crippen LogP contribution is 2.00. The van der Waals surface area contributed by atoms with Gasteiger partial charge in [-0.05, 0) is 18.6 Å². The molecule has 2 rings (SSSR count). The molecular weight excluding hydrogens is 217 g/mol. The van der Waals surface area contributed by atoms with E-state index in [0.29, 0.717) is 18.0 Å². The van der Waals surface area contributed by atoms with Crippen molar-refractivity contribution in [3.8, 4) is 0 Å². The molecule has 0 N–H and O–H groups in total. The zero-order chi connectivity index (χ0) is 12.8. The van der Waals surface area contributed by atoms with Crippen LogP contribution in [0.25, 0.3) is 5.78 Å². The van der Waals surface area contributed by atoms with Gasteiger partial charge in [0.1, 0.15) is 7.85 Å². The van der Waals surface area contributed by atoms with Crippen molar-refractivity contribution in [3.05, 3.63) is 24.2 Å². The molecule has 2 heterocycles. The highest BCUT2D eigenvalue weighted by atomic mass is 16.5. The van der Waals surface area contributed by atoms with E-state index in [2.05, 4.69) is 9.97 Å². The summed E-state index contributed by atoms with van der Waals surface area (Å²) in [5.41, 5.74) is 0.711. The molecule has 0 aliphatic heterocycles. The van der Waals surface area contributed by atoms with E-state index in [1.807, 2.05) is 13.8 Å². The van der Waals surface area contributed by atoms with Gasteiger partial charge in [0.15, 0.2) is 5.69 Å². The van der Waals surface area contributed by atoms with Gasteiger partial charge in [0.2, 0.25) is 5.78 Å². The zero-order valence-electron chi connectivity index (χ0n) is 10.2. The molecule has 0 fully saturated rings. The van der Waals surface area contributed by atoms with E-state index in [1.165, 1.54) is 6.20 Å². The molecule has 0 aliphatic carbocycles. The Morgan fingerprint density at radius 3 is 2.88 bits per heavy atom. The third-order valence-corrected chi connectivity index (χ3v) is 1.89. The average Bonchev–Trinajstić information content (AvgIpc) is 2.73. The Labute approximate surface area is 101 Å². The second-order valence-electron chi connectivity index (χ2n) is 2.89. The van der Waals surface area contributed by atoms with Gasteiger partial charge in [-0.15, -0.1) is 0 Å². The monoisotopic (exact) mass is 231 g/mol. The SMILES string of the molecule is CC.[B]c1cnc2nc(C(=O)OCC)ccn12. The van der Waals surface area contributed by atoms with Gasteiger partial charge in [-0.3, -0.25) is 4.40 Å². The van der Waals surface area contributed by atoms with Crippen LogP contribution in [-0.4, -0.2) is 34.8 Å². The van der Waals surface area contributed by atoms with E-state index in [1.54, 1.807) is 23.6 Å². The van der Waals surface area contributed by atoms with Gasteiger partial charge < -0.3 is 4.74 Å². The Hall–Kier alpha value is -1.85. The molecule has 0 saturated carbocycles. The summed E-state index contributed by atoms with van der Waals surface area (Å²) in [6.07, 6.45) is 3.12. The van der Waals surface area contributed by atoms with E-state index in [0.717, 1.165) is 0 Å². The summed E-state index contributed by atoms with van der Waals surface area (Å²) in [4.78, 5) is 19.3. The van der Waals surface area contributed by atoms with Gasteiger partial charge in [-0.2, -0.15) is 0 Å². The molecule has 2 aromatic heterocycles. The highest BCUT2D eigenvalue weighted by Gasteiger charge is 2.09. The minimum absolute atomic E-state index is 0.231. The fraction of sp³-hybridized carbons (Fsp3) is 0.364. The van der Waals surface area contributed by atoms with E-state index in [-0.39, 0.29) is 5.69 Å². The average molecular weight is 231 g/mol. The summed E-state index contributed by atoms with van der Waals surface area (Å²) < 4.78 is 6.40. The summed E-state index contributed by atoms with van der Waals surface area (Å²) in [6.45, 7) is 6.06. The van der Waals surface area contributed by atoms with Crippen molar-refractivity contribution >= 4 is 25.2 Å². The van der Waals surface area contributed by atoms with Gasteiger partial charge in [-0.1, -0.05) is 13.8 Å². The van der Waals surface area contributed by atoms with Crippen molar-refractivity contribution in [2.75, 3.05) is 6.61 Å². The summed E-state index contributed by atoms with van der Waals surface area (Å²) in [5.74, 6) is -0.0698. The van der Waals surface area contributed by atoms with Crippen LogP contribution in [0.3, 0.4) is 0 Å². The molecule has 6 heteroatoms. The van der Waals surface area contributed by atoms with Gasteiger partial charge in [0, 0.05) is 12.4 Å². The van der Waals surface area contributed by atoms with E-state index >= 15 is 0 Å². The first-order valence-corrected chi connectivity index (χ1v) is 5.49. The summed E-state index contributed by atoms with van der Waals surface area (Å²) in [6, 6.07) is 1.54. The number of esters is 1. The number of hydrogen-bond donors (Lipinski definition) is 0. The van der Waals surface area contributed by atoms with Gasteiger partial charge in [0.05, 0.1) is 6.61 Å². The summed E-state index contributed by atoms with van der Waals surface area (Å²) in [7, 11) is 5.61. The summed E-state index contributed by atoms with van der Waals surface area (Å²) in [5, 5.41) is 0. The Morgan fingerprint density at radius 2 is 2.24 bits per heavy atom. The molecule has 0 amide bonds. The third-order valence-electron chi connectivity index (χ3n) is 1.89. The first kappa shape index (κ1) is 13.2. The van der Waals surface area contributed by atoms with Crippen molar-refractivity contribution in [2.24, 2.45) is 0 Å². The fourth-order valence-corrected chi connectivity index (χ4v) is 1.21. The molecule has 0 spiro atoms. The van der Waals surface area contributed by atoms with E-state index in [9.17, 15) is 4.79 Å². The lowest BCUT2D eigenvalue weighted by molar-refractivity contribution is 0.0519. The van der Waals surface area contributed by atoms with Crippen molar-refractivity contribution in [1.29, 1.82) is 0 Å². The molecule has 5 nitrogen and oxygen atoms in total. The van der Waals surface area contributed by atoms with Gasteiger partial charge in [0.25, 0.3) is 0 Å². The van der Waals surface area contributed by atoms with Crippen LogP contribution in [0.1, 0.15) is 31.3 Å². The minimum Gasteiger partial charge on any atom is -0.461 e. The van der Waals surface area contributed by atoms with Crippen molar-refractivity contribution in [3.63, 3.8) is 0 Å². The number of carbonyl (C=O) groups excluding carboxylic acids is 1. The molecule has 0 atom stereocenters. The normalized spacial score (nSPS) is 9.59. The van der Waals surface area contributed by atoms with Crippen LogP contribution in [-0.2, 0) is 4.74 Å². The van der Waals surface area contributed by atoms with Crippen molar-refractivity contribution < 1.29 is 9.53 Å². The number of imidazole rings is 1. The van der Waals surface area contributed by atoms with Gasteiger partial charge in [-0.25, -0.2) is 14.8 Å². The highest BCUT2D eigenvalue weighted by molar-refractivity contribution is 6.31. The number of fused-ring (bicyclic) bond motifs is 1. The van der Waals surface area contributed by atoms with Crippen LogP contribution in [0.2, 0.25) is 0 Å². The maximum absolute atomic E-state index is 11.3. The Bertz CT molecular complexity index is 510. The molecule has 0 bridgehead atoms. The molecule has 0 aromatic carbocycles. The quantitative estimate of drug-likeness (QED) is 0.564. The molecule has 0 unspecified atom stereocenters. The van der Waals surface area contributed by atoms with Crippen molar-refractivity contribution in [1.82, 2.24) is 14.4 Å². The first-order chi connectivity index (χ1) is 8.22. The number of nitrogens with zero attached hydrogens (tertiary/aromatic N) is 3. The third kappa shape index (κ3) is 2.84. The van der Waals surface area contributed by atoms with Crippen molar-refractivity contribution in [2.45, 2.75) is 20.8 Å². The molecule has 0 saturated heterocycles. The molecular formula is C11H14BN3O2. The number of ether oxygens (including phenoxy) is 1. The van der Waals surface area contributed by atoms with Crippen LogP contribution in [0, 0.1) is 0 Å². The predicted octanol–water partition coefficient (Wildman–Crippen LogP) is 0.726. The lowest BCUT2D eigenvalue weighted by Crippen LogP contribution is -2.12. The number of rotatable bonds is 2. The minimum atomic E-state index is -0.457. The fourth-order valence-electron chi connectivity index (χ4n) is 1.21. The predicted molar refractivity (Wildman–Crippen MR) is 65.7 cm³/mol. The zero-order valence-corrected chi connectivity index (χ0v) is 10.2. The lowest BCUT2D eigenvalue weighted by atomic mass is 10.1.